The summed E-state index contributed by atoms with van der Waals surface area (Å²) in [6.45, 7) is 0. The zero-order valence-corrected chi connectivity index (χ0v) is 12.8. The average molecular weight is 323 g/mol. The van der Waals surface area contributed by atoms with Crippen LogP contribution in [-0.4, -0.2) is 37.9 Å². The molecule has 21 heavy (non-hydrogen) atoms. The first-order valence-electron chi connectivity index (χ1n) is 5.90. The number of hydrogen-bond donors (Lipinski definition) is 1. The summed E-state index contributed by atoms with van der Waals surface area (Å²) in [4.78, 5) is 12.8. The minimum Gasteiger partial charge on any atom is -0.496 e. The second-order valence-electron chi connectivity index (χ2n) is 4.06. The van der Waals surface area contributed by atoms with E-state index in [4.69, 9.17) is 22.1 Å². The third kappa shape index (κ3) is 2.47. The number of fused-ring (bicyclic) bond motifs is 1. The van der Waals surface area contributed by atoms with E-state index in [1.54, 1.807) is 25.3 Å². The van der Waals surface area contributed by atoms with Crippen molar-refractivity contribution >= 4 is 35.1 Å². The Morgan fingerprint density at radius 2 is 2.10 bits per heavy atom. The molecule has 0 saturated carbocycles. The van der Waals surface area contributed by atoms with Gasteiger partial charge < -0.3 is 10.5 Å². The van der Waals surface area contributed by atoms with Crippen molar-refractivity contribution in [3.8, 4) is 17.1 Å². The molecule has 1 aromatic carbocycles. The van der Waals surface area contributed by atoms with Gasteiger partial charge in [0.25, 0.3) is 5.78 Å². The molecule has 0 fully saturated rings. The minimum atomic E-state index is 0.226. The predicted octanol–water partition coefficient (Wildman–Crippen LogP) is 2.15. The van der Waals surface area contributed by atoms with Crippen LogP contribution in [0.3, 0.4) is 0 Å². The quantitative estimate of drug-likeness (QED) is 0.739. The number of benzene rings is 1. The molecule has 0 spiro atoms. The van der Waals surface area contributed by atoms with Crippen LogP contribution in [0.1, 0.15) is 0 Å². The lowest BCUT2D eigenvalue weighted by Crippen LogP contribution is -2.04. The smallest absolute Gasteiger partial charge is 0.258 e. The second kappa shape index (κ2) is 5.38. The van der Waals surface area contributed by atoms with Crippen LogP contribution < -0.4 is 10.5 Å². The number of nitrogens with two attached hydrogens (primary N) is 1. The molecule has 0 bridgehead atoms. The summed E-state index contributed by atoms with van der Waals surface area (Å²) in [6, 6.07) is 5.22. The highest BCUT2D eigenvalue weighted by atomic mass is 35.5. The summed E-state index contributed by atoms with van der Waals surface area (Å²) in [5.74, 6) is 1.65. The third-order valence-corrected chi connectivity index (χ3v) is 3.58. The Kier molecular flexibility index (Phi) is 3.56. The van der Waals surface area contributed by atoms with Crippen molar-refractivity contribution in [1.29, 1.82) is 0 Å². The van der Waals surface area contributed by atoms with Gasteiger partial charge in [0.1, 0.15) is 5.75 Å². The maximum absolute atomic E-state index is 6.03. The van der Waals surface area contributed by atoms with Crippen molar-refractivity contribution in [3.05, 3.63) is 23.2 Å². The van der Waals surface area contributed by atoms with E-state index in [1.165, 1.54) is 16.3 Å². The summed E-state index contributed by atoms with van der Waals surface area (Å²) in [5.41, 5.74) is 6.53. The summed E-state index contributed by atoms with van der Waals surface area (Å²) < 4.78 is 6.69. The number of thioether (sulfide) groups is 1. The number of aromatic nitrogens is 5. The van der Waals surface area contributed by atoms with Gasteiger partial charge in [0.15, 0.2) is 11.0 Å². The van der Waals surface area contributed by atoms with Gasteiger partial charge in [-0.15, -0.1) is 5.10 Å². The molecule has 7 nitrogen and oxygen atoms in total. The highest BCUT2D eigenvalue weighted by Gasteiger charge is 2.15. The highest BCUT2D eigenvalue weighted by Crippen LogP contribution is 2.30. The zero-order valence-electron chi connectivity index (χ0n) is 11.2. The number of methoxy groups -OCH3 is 1. The first-order valence-corrected chi connectivity index (χ1v) is 7.51. The van der Waals surface area contributed by atoms with Crippen molar-refractivity contribution in [3.63, 3.8) is 0 Å². The Morgan fingerprint density at radius 1 is 1.29 bits per heavy atom. The fourth-order valence-corrected chi connectivity index (χ4v) is 2.38. The molecule has 0 aliphatic carbocycles. The monoisotopic (exact) mass is 322 g/mol. The van der Waals surface area contributed by atoms with Crippen LogP contribution in [0.4, 0.5) is 5.95 Å². The van der Waals surface area contributed by atoms with Gasteiger partial charge in [-0.25, -0.2) is 0 Å². The van der Waals surface area contributed by atoms with Gasteiger partial charge >= 0.3 is 0 Å². The molecular formula is C12H11ClN6OS. The molecular weight excluding hydrogens is 312 g/mol. The third-order valence-electron chi connectivity index (χ3n) is 2.80. The lowest BCUT2D eigenvalue weighted by atomic mass is 10.2. The van der Waals surface area contributed by atoms with Gasteiger partial charge in [-0.2, -0.15) is 19.5 Å². The normalized spacial score (nSPS) is 11.0. The molecule has 9 heteroatoms. The van der Waals surface area contributed by atoms with Crippen LogP contribution in [0.2, 0.25) is 5.02 Å². The predicted molar refractivity (Wildman–Crippen MR) is 81.8 cm³/mol. The SMILES string of the molecule is COc1ccc(Cl)cc1-c1nc2nc(SC)nc(N)n2n1. The summed E-state index contributed by atoms with van der Waals surface area (Å²) in [6.07, 6.45) is 1.86. The number of hydrogen-bond acceptors (Lipinski definition) is 7. The first kappa shape index (κ1) is 13.9. The van der Waals surface area contributed by atoms with Gasteiger partial charge in [0.05, 0.1) is 12.7 Å². The van der Waals surface area contributed by atoms with Crippen LogP contribution in [0.15, 0.2) is 23.4 Å². The van der Waals surface area contributed by atoms with Gasteiger partial charge in [0, 0.05) is 5.02 Å². The highest BCUT2D eigenvalue weighted by molar-refractivity contribution is 7.98. The van der Waals surface area contributed by atoms with E-state index in [-0.39, 0.29) is 5.95 Å². The van der Waals surface area contributed by atoms with Crippen molar-refractivity contribution in [2.45, 2.75) is 5.16 Å². The van der Waals surface area contributed by atoms with Gasteiger partial charge in [0.2, 0.25) is 5.95 Å². The molecule has 0 amide bonds. The molecule has 2 N–H and O–H groups in total. The van der Waals surface area contributed by atoms with Crippen LogP contribution in [-0.2, 0) is 0 Å². The number of ether oxygens (including phenoxy) is 1. The van der Waals surface area contributed by atoms with Crippen molar-refractivity contribution in [1.82, 2.24) is 24.6 Å². The van der Waals surface area contributed by atoms with Gasteiger partial charge in [-0.3, -0.25) is 0 Å². The van der Waals surface area contributed by atoms with E-state index in [0.29, 0.717) is 33.1 Å². The summed E-state index contributed by atoms with van der Waals surface area (Å²) in [5, 5.41) is 5.42. The largest absolute Gasteiger partial charge is 0.496 e. The van der Waals surface area contributed by atoms with E-state index in [2.05, 4.69) is 20.1 Å². The number of nitrogens with zero attached hydrogens (tertiary/aromatic N) is 5. The minimum absolute atomic E-state index is 0.226. The summed E-state index contributed by atoms with van der Waals surface area (Å²) in [7, 11) is 1.57. The van der Waals surface area contributed by atoms with Crippen molar-refractivity contribution in [2.75, 3.05) is 19.1 Å². The lowest BCUT2D eigenvalue weighted by Gasteiger charge is -2.04. The first-order chi connectivity index (χ1) is 10.1. The van der Waals surface area contributed by atoms with Crippen LogP contribution in [0.5, 0.6) is 5.75 Å². The van der Waals surface area contributed by atoms with E-state index >= 15 is 0 Å². The Hall–Kier alpha value is -2.06. The van der Waals surface area contributed by atoms with E-state index in [0.717, 1.165) is 0 Å². The van der Waals surface area contributed by atoms with Gasteiger partial charge in [-0.05, 0) is 24.5 Å². The molecule has 108 valence electrons. The van der Waals surface area contributed by atoms with E-state index in [1.807, 2.05) is 6.26 Å². The maximum atomic E-state index is 6.03. The topological polar surface area (TPSA) is 91.2 Å². The Morgan fingerprint density at radius 3 is 2.81 bits per heavy atom. The zero-order chi connectivity index (χ0) is 15.0. The molecule has 2 heterocycles. The Balaban J connectivity index is 2.22. The standard InChI is InChI=1S/C12H11ClN6OS/c1-20-8-4-3-6(13)5-7(8)9-15-11-17-12(21-2)16-10(14)19(11)18-9/h3-5H,1-2H3,(H2,14,15,16,17,18). The number of rotatable bonds is 3. The Bertz CT molecular complexity index is 821. The molecule has 0 atom stereocenters. The van der Waals surface area contributed by atoms with Crippen LogP contribution in [0, 0.1) is 0 Å². The molecule has 3 rings (SSSR count). The van der Waals surface area contributed by atoms with Crippen LogP contribution >= 0.6 is 23.4 Å². The molecule has 0 aliphatic heterocycles. The summed E-state index contributed by atoms with van der Waals surface area (Å²) >= 11 is 7.41. The average Bonchev–Trinajstić information content (AvgIpc) is 2.91. The number of halogens is 1. The van der Waals surface area contributed by atoms with E-state index in [9.17, 15) is 0 Å². The molecule has 2 aromatic heterocycles. The molecule has 3 aromatic rings. The van der Waals surface area contributed by atoms with Crippen molar-refractivity contribution < 1.29 is 4.74 Å². The maximum Gasteiger partial charge on any atom is 0.258 e. The molecule has 0 saturated heterocycles. The molecule has 0 unspecified atom stereocenters. The number of anilines is 1. The molecule has 0 aliphatic rings. The van der Waals surface area contributed by atoms with Gasteiger partial charge in [-0.1, -0.05) is 23.4 Å². The second-order valence-corrected chi connectivity index (χ2v) is 5.27. The van der Waals surface area contributed by atoms with Crippen LogP contribution in [0.25, 0.3) is 17.2 Å². The lowest BCUT2D eigenvalue weighted by molar-refractivity contribution is 0.416. The fraction of sp³-hybridized carbons (Fsp3) is 0.167. The Labute approximate surface area is 129 Å². The molecule has 0 radical (unpaired) electrons. The number of nitrogen functional groups attached to an aromatic ring is 1. The van der Waals surface area contributed by atoms with Crippen molar-refractivity contribution in [2.24, 2.45) is 0 Å². The fourth-order valence-electron chi connectivity index (χ4n) is 1.85. The van der Waals surface area contributed by atoms with E-state index < -0.39 is 0 Å².